The Hall–Kier alpha value is -0.781. The van der Waals surface area contributed by atoms with Gasteiger partial charge in [0.1, 0.15) is 0 Å². The first-order valence-electron chi connectivity index (χ1n) is 6.04. The number of nitrogens with zero attached hydrogens (tertiary/aromatic N) is 1. The average molecular weight is 357 g/mol. The normalized spacial score (nSPS) is 12.1. The Morgan fingerprint density at radius 3 is 2.28 bits per heavy atom. The molecule has 0 aliphatic heterocycles. The van der Waals surface area contributed by atoms with Crippen molar-refractivity contribution in [2.45, 2.75) is 41.2 Å². The van der Waals surface area contributed by atoms with Gasteiger partial charge in [-0.2, -0.15) is 0 Å². The van der Waals surface area contributed by atoms with E-state index in [1.54, 1.807) is 6.20 Å². The standard InChI is InChI=1S/C10H13N2O2.3CH3.Sn/c1-10(2,3)14-9(13)12-8-5-4-6-11-7-8;;;;/h4-5,7H,1-3H3,(H,12,13);3*1H3;. The van der Waals surface area contributed by atoms with Crippen LogP contribution in [0.2, 0.25) is 14.8 Å². The summed E-state index contributed by atoms with van der Waals surface area (Å²) >= 11 is -2.10. The third-order valence-electron chi connectivity index (χ3n) is 2.18. The molecule has 0 aliphatic carbocycles. The molecule has 0 bridgehead atoms. The summed E-state index contributed by atoms with van der Waals surface area (Å²) in [7, 11) is 0. The fraction of sp³-hybridized carbons (Fsp3) is 0.538. The van der Waals surface area contributed by atoms with E-state index in [1.807, 2.05) is 32.9 Å². The third kappa shape index (κ3) is 5.25. The second kappa shape index (κ2) is 5.46. The maximum absolute atomic E-state index is 11.6. The third-order valence-corrected chi connectivity index (χ3v) is 7.41. The molecule has 0 fully saturated rings. The number of carbonyl (C=O) groups excluding carboxylic acids is 1. The monoisotopic (exact) mass is 358 g/mol. The Balaban J connectivity index is 2.67. The maximum atomic E-state index is 11.6. The van der Waals surface area contributed by atoms with Crippen molar-refractivity contribution in [1.82, 2.24) is 4.98 Å². The molecule has 1 heterocycles. The van der Waals surface area contributed by atoms with E-state index in [-0.39, 0.29) is 0 Å². The van der Waals surface area contributed by atoms with Gasteiger partial charge >= 0.3 is 113 Å². The SMILES string of the molecule is CC(C)(C)OC(=O)Nc1cc[c]([Sn]([CH3])([CH3])[CH3])nc1. The van der Waals surface area contributed by atoms with Crippen LogP contribution in [0, 0.1) is 0 Å². The number of hydrogen-bond donors (Lipinski definition) is 1. The minimum atomic E-state index is -2.10. The van der Waals surface area contributed by atoms with Crippen LogP contribution in [0.25, 0.3) is 0 Å². The molecule has 0 atom stereocenters. The first-order chi connectivity index (χ1) is 8.08. The molecule has 5 heteroatoms. The topological polar surface area (TPSA) is 51.2 Å². The summed E-state index contributed by atoms with van der Waals surface area (Å²) in [5.74, 6) is 0. The quantitative estimate of drug-likeness (QED) is 0.829. The van der Waals surface area contributed by atoms with Crippen LogP contribution in [0.3, 0.4) is 0 Å². The van der Waals surface area contributed by atoms with E-state index in [0.717, 1.165) is 0 Å². The number of pyridine rings is 1. The number of rotatable bonds is 2. The molecule has 1 amide bonds. The van der Waals surface area contributed by atoms with E-state index in [1.165, 1.54) is 3.71 Å². The molecule has 4 nitrogen and oxygen atoms in total. The van der Waals surface area contributed by atoms with Crippen LogP contribution in [-0.4, -0.2) is 35.1 Å². The molecule has 0 aliphatic rings. The van der Waals surface area contributed by atoms with Gasteiger partial charge in [0.25, 0.3) is 0 Å². The van der Waals surface area contributed by atoms with Crippen molar-refractivity contribution >= 4 is 33.9 Å². The summed E-state index contributed by atoms with van der Waals surface area (Å²) in [5, 5.41) is 2.68. The molecule has 1 N–H and O–H groups in total. The van der Waals surface area contributed by atoms with E-state index in [2.05, 4.69) is 25.1 Å². The molecular weight excluding hydrogens is 335 g/mol. The van der Waals surface area contributed by atoms with Crippen LogP contribution in [0.15, 0.2) is 18.3 Å². The number of nitrogens with one attached hydrogen (secondary N) is 1. The molecule has 1 aromatic heterocycles. The first-order valence-corrected chi connectivity index (χ1v) is 16.0. The van der Waals surface area contributed by atoms with Crippen molar-refractivity contribution in [2.24, 2.45) is 0 Å². The van der Waals surface area contributed by atoms with Gasteiger partial charge in [0, 0.05) is 0 Å². The predicted molar refractivity (Wildman–Crippen MR) is 77.1 cm³/mol. The number of anilines is 1. The van der Waals surface area contributed by atoms with E-state index in [9.17, 15) is 4.79 Å². The van der Waals surface area contributed by atoms with Crippen molar-refractivity contribution < 1.29 is 9.53 Å². The Bertz CT molecular complexity index is 416. The Kier molecular flexibility index (Phi) is 4.64. The summed E-state index contributed by atoms with van der Waals surface area (Å²) in [6.07, 6.45) is 1.25. The number of aromatic nitrogens is 1. The van der Waals surface area contributed by atoms with Crippen LogP contribution >= 0.6 is 0 Å². The summed E-state index contributed by atoms with van der Waals surface area (Å²) in [5.41, 5.74) is 0.183. The zero-order valence-corrected chi connectivity index (χ0v) is 14.8. The molecule has 0 aromatic carbocycles. The molecular formula is C13H22N2O2Sn. The fourth-order valence-electron chi connectivity index (χ4n) is 1.33. The van der Waals surface area contributed by atoms with Crippen LogP contribution in [0.5, 0.6) is 0 Å². The van der Waals surface area contributed by atoms with Gasteiger partial charge < -0.3 is 0 Å². The van der Waals surface area contributed by atoms with Crippen LogP contribution in [0.1, 0.15) is 20.8 Å². The first kappa shape index (κ1) is 15.3. The molecule has 100 valence electrons. The van der Waals surface area contributed by atoms with Gasteiger partial charge in [0.05, 0.1) is 0 Å². The van der Waals surface area contributed by atoms with Gasteiger partial charge in [-0.1, -0.05) is 0 Å². The molecule has 0 saturated heterocycles. The summed E-state index contributed by atoms with van der Waals surface area (Å²) in [6.45, 7) is 5.51. The zero-order valence-electron chi connectivity index (χ0n) is 12.0. The summed E-state index contributed by atoms with van der Waals surface area (Å²) in [4.78, 5) is 22.9. The average Bonchev–Trinajstić information content (AvgIpc) is 2.13. The summed E-state index contributed by atoms with van der Waals surface area (Å²) < 4.78 is 6.37. The van der Waals surface area contributed by atoms with E-state index in [0.29, 0.717) is 5.69 Å². The molecule has 18 heavy (non-hydrogen) atoms. The van der Waals surface area contributed by atoms with E-state index in [4.69, 9.17) is 4.74 Å². The molecule has 1 aromatic rings. The van der Waals surface area contributed by atoms with Crippen LogP contribution in [-0.2, 0) is 4.74 Å². The minimum absolute atomic E-state index is 0.448. The Labute approximate surface area is 113 Å². The Morgan fingerprint density at radius 2 is 1.89 bits per heavy atom. The molecule has 1 rings (SSSR count). The van der Waals surface area contributed by atoms with Crippen molar-refractivity contribution in [3.8, 4) is 0 Å². The van der Waals surface area contributed by atoms with Crippen LogP contribution in [0.4, 0.5) is 10.5 Å². The Morgan fingerprint density at radius 1 is 1.28 bits per heavy atom. The van der Waals surface area contributed by atoms with Crippen molar-refractivity contribution in [2.75, 3.05) is 5.32 Å². The van der Waals surface area contributed by atoms with E-state index >= 15 is 0 Å². The van der Waals surface area contributed by atoms with Gasteiger partial charge in [0.2, 0.25) is 0 Å². The molecule has 0 saturated carbocycles. The van der Waals surface area contributed by atoms with Gasteiger partial charge in [-0.05, 0) is 0 Å². The molecule has 0 radical (unpaired) electrons. The number of amides is 1. The van der Waals surface area contributed by atoms with Crippen molar-refractivity contribution in [1.29, 1.82) is 0 Å². The zero-order chi connectivity index (χ0) is 14.0. The fourth-order valence-corrected chi connectivity index (χ4v) is 4.29. The van der Waals surface area contributed by atoms with Crippen molar-refractivity contribution in [3.63, 3.8) is 0 Å². The molecule has 0 unspecified atom stereocenters. The number of ether oxygens (including phenoxy) is 1. The summed E-state index contributed by atoms with van der Waals surface area (Å²) in [6, 6.07) is 3.89. The van der Waals surface area contributed by atoms with Gasteiger partial charge in [-0.3, -0.25) is 0 Å². The van der Waals surface area contributed by atoms with Crippen molar-refractivity contribution in [3.05, 3.63) is 18.3 Å². The molecule has 0 spiro atoms. The van der Waals surface area contributed by atoms with E-state index < -0.39 is 30.1 Å². The predicted octanol–water partition coefficient (Wildman–Crippen LogP) is 2.97. The van der Waals surface area contributed by atoms with Crippen LogP contribution < -0.4 is 9.03 Å². The van der Waals surface area contributed by atoms with Gasteiger partial charge in [-0.15, -0.1) is 0 Å². The van der Waals surface area contributed by atoms with Gasteiger partial charge in [-0.25, -0.2) is 0 Å². The van der Waals surface area contributed by atoms with Gasteiger partial charge in [0.15, 0.2) is 0 Å². The second-order valence-electron chi connectivity index (χ2n) is 6.31. The number of hydrogen-bond acceptors (Lipinski definition) is 3. The second-order valence-corrected chi connectivity index (χ2v) is 20.6. The number of carbonyl (C=O) groups is 1.